The molecule has 0 atom stereocenters. The highest BCUT2D eigenvalue weighted by molar-refractivity contribution is 6.09. The second kappa shape index (κ2) is 7.85. The van der Waals surface area contributed by atoms with E-state index in [-0.39, 0.29) is 44.3 Å². The summed E-state index contributed by atoms with van der Waals surface area (Å²) in [5, 5.41) is 9.28. The number of ketones is 1. The quantitative estimate of drug-likeness (QED) is 0.713. The second-order valence-corrected chi connectivity index (χ2v) is 9.10. The summed E-state index contributed by atoms with van der Waals surface area (Å²) in [6, 6.07) is 7.14. The van der Waals surface area contributed by atoms with Gasteiger partial charge in [0.25, 0.3) is 0 Å². The molecule has 1 spiro atoms. The van der Waals surface area contributed by atoms with Crippen molar-refractivity contribution in [3.63, 3.8) is 0 Å². The number of anilines is 1. The third-order valence-electron chi connectivity index (χ3n) is 6.90. The summed E-state index contributed by atoms with van der Waals surface area (Å²) in [4.78, 5) is 44.8. The van der Waals surface area contributed by atoms with Crippen molar-refractivity contribution in [2.45, 2.75) is 56.8 Å². The van der Waals surface area contributed by atoms with Crippen molar-refractivity contribution in [2.24, 2.45) is 0 Å². The molecule has 0 radical (unpaired) electrons. The van der Waals surface area contributed by atoms with Crippen LogP contribution in [0.3, 0.4) is 0 Å². The van der Waals surface area contributed by atoms with Crippen molar-refractivity contribution >= 4 is 23.5 Å². The zero-order chi connectivity index (χ0) is 24.3. The number of hydrogen-bond donors (Lipinski definition) is 1. The van der Waals surface area contributed by atoms with E-state index in [0.29, 0.717) is 42.2 Å². The Morgan fingerprint density at radius 1 is 1.15 bits per heavy atom. The van der Waals surface area contributed by atoms with Gasteiger partial charge in [-0.05, 0) is 30.9 Å². The van der Waals surface area contributed by atoms with Gasteiger partial charge in [0.2, 0.25) is 5.91 Å². The normalized spacial score (nSPS) is 18.8. The van der Waals surface area contributed by atoms with Crippen LogP contribution >= 0.6 is 0 Å². The number of alkyl halides is 3. The van der Waals surface area contributed by atoms with Gasteiger partial charge in [-0.25, -0.2) is 9.78 Å². The highest BCUT2D eigenvalue weighted by Gasteiger charge is 2.59. The monoisotopic (exact) mass is 476 g/mol. The lowest BCUT2D eigenvalue weighted by molar-refractivity contribution is -0.136. The summed E-state index contributed by atoms with van der Waals surface area (Å²) in [7, 11) is 0. The van der Waals surface area contributed by atoms with Gasteiger partial charge >= 0.3 is 12.3 Å². The van der Waals surface area contributed by atoms with Crippen LogP contribution in [0.4, 0.5) is 23.7 Å². The minimum Gasteiger partial charge on any atom is -0.465 e. The molecule has 2 aromatic rings. The van der Waals surface area contributed by atoms with Crippen LogP contribution in [0.2, 0.25) is 0 Å². The predicted molar refractivity (Wildman–Crippen MR) is 114 cm³/mol. The Bertz CT molecular complexity index is 1180. The molecular weight excluding hydrogens is 453 g/mol. The highest BCUT2D eigenvalue weighted by atomic mass is 19.4. The first kappa shape index (κ1) is 22.4. The van der Waals surface area contributed by atoms with Crippen LogP contribution in [0.25, 0.3) is 0 Å². The number of rotatable bonds is 5. The first-order valence-corrected chi connectivity index (χ1v) is 11.2. The Labute approximate surface area is 193 Å². The largest absolute Gasteiger partial charge is 0.465 e. The van der Waals surface area contributed by atoms with Crippen LogP contribution in [0.1, 0.15) is 53.3 Å². The van der Waals surface area contributed by atoms with E-state index in [0.717, 1.165) is 5.56 Å². The van der Waals surface area contributed by atoms with Crippen molar-refractivity contribution in [3.05, 3.63) is 47.0 Å². The molecule has 0 unspecified atom stereocenters. The average Bonchev–Trinajstić information content (AvgIpc) is 3.20. The van der Waals surface area contributed by atoms with Gasteiger partial charge in [0.05, 0.1) is 12.2 Å². The van der Waals surface area contributed by atoms with Gasteiger partial charge in [-0.2, -0.15) is 13.2 Å². The van der Waals surface area contributed by atoms with Gasteiger partial charge in [-0.3, -0.25) is 9.59 Å². The summed E-state index contributed by atoms with van der Waals surface area (Å²) in [6.07, 6.45) is -5.08. The standard InChI is InChI=1S/C23H23F3N4O4/c24-23(25,26)9-4-10-29-18(27-15-6-3-8-17(31)19(15)29)11-30-16-7-2-1-5-14(16)22(20(30)32)12-28(13-22)21(33)34/h1-2,5,7H,3-4,6,8-13H2,(H,33,34). The number of nitrogens with zero attached hydrogens (tertiary/aromatic N) is 4. The number of carboxylic acid groups (broad SMARTS) is 1. The molecule has 1 aromatic carbocycles. The molecule has 3 heterocycles. The number of halogens is 3. The summed E-state index contributed by atoms with van der Waals surface area (Å²) in [5.41, 5.74) is 1.30. The van der Waals surface area contributed by atoms with Crippen LogP contribution in [-0.4, -0.2) is 56.6 Å². The van der Waals surface area contributed by atoms with Crippen molar-refractivity contribution in [1.29, 1.82) is 0 Å². The number of carbonyl (C=O) groups is 3. The summed E-state index contributed by atoms with van der Waals surface area (Å²) in [6.45, 7) is 0.0644. The van der Waals surface area contributed by atoms with E-state index in [1.807, 2.05) is 0 Å². The number of fused-ring (bicyclic) bond motifs is 3. The SMILES string of the molecule is O=C1CCCc2nc(CN3C(=O)C4(CN(C(=O)O)C4)c4ccccc43)n(CCCC(F)(F)F)c21. The molecule has 2 aliphatic heterocycles. The summed E-state index contributed by atoms with van der Waals surface area (Å²) < 4.78 is 39.9. The Hall–Kier alpha value is -3.37. The molecule has 5 rings (SSSR count). The highest BCUT2D eigenvalue weighted by Crippen LogP contribution is 2.47. The number of imidazole rings is 1. The van der Waals surface area contributed by atoms with Gasteiger partial charge in [0, 0.05) is 38.2 Å². The Morgan fingerprint density at radius 2 is 1.88 bits per heavy atom. The number of hydrogen-bond acceptors (Lipinski definition) is 4. The minimum absolute atomic E-state index is 0.00301. The third-order valence-corrected chi connectivity index (χ3v) is 6.90. The van der Waals surface area contributed by atoms with Gasteiger partial charge in [-0.15, -0.1) is 0 Å². The number of benzene rings is 1. The van der Waals surface area contributed by atoms with Gasteiger partial charge in [-0.1, -0.05) is 18.2 Å². The fraction of sp³-hybridized carbons (Fsp3) is 0.478. The van der Waals surface area contributed by atoms with E-state index >= 15 is 0 Å². The Balaban J connectivity index is 1.48. The van der Waals surface area contributed by atoms with E-state index in [2.05, 4.69) is 4.98 Å². The maximum atomic E-state index is 13.6. The maximum Gasteiger partial charge on any atom is 0.407 e. The third kappa shape index (κ3) is 3.54. The Kier molecular flexibility index (Phi) is 5.18. The van der Waals surface area contributed by atoms with Crippen molar-refractivity contribution in [1.82, 2.24) is 14.5 Å². The molecule has 1 N–H and O–H groups in total. The number of likely N-dealkylation sites (tertiary alicyclic amines) is 1. The van der Waals surface area contributed by atoms with E-state index < -0.39 is 24.1 Å². The maximum absolute atomic E-state index is 13.6. The smallest absolute Gasteiger partial charge is 0.407 e. The second-order valence-electron chi connectivity index (χ2n) is 9.10. The van der Waals surface area contributed by atoms with Crippen LogP contribution < -0.4 is 4.90 Å². The fourth-order valence-corrected chi connectivity index (χ4v) is 5.31. The van der Waals surface area contributed by atoms with Crippen LogP contribution in [0.15, 0.2) is 24.3 Å². The van der Waals surface area contributed by atoms with Gasteiger partial charge in [0.1, 0.15) is 16.9 Å². The minimum atomic E-state index is -4.30. The van der Waals surface area contributed by atoms with Crippen LogP contribution in [-0.2, 0) is 29.7 Å². The summed E-state index contributed by atoms with van der Waals surface area (Å²) >= 11 is 0. The lowest BCUT2D eigenvalue weighted by Crippen LogP contribution is -2.65. The predicted octanol–water partition coefficient (Wildman–Crippen LogP) is 3.52. The van der Waals surface area contributed by atoms with E-state index in [9.17, 15) is 32.7 Å². The Morgan fingerprint density at radius 3 is 2.59 bits per heavy atom. The van der Waals surface area contributed by atoms with Crippen LogP contribution in [0.5, 0.6) is 0 Å². The number of Topliss-reactive ketones (excluding diaryl/α,β-unsaturated/α-hetero) is 1. The van der Waals surface area contributed by atoms with E-state index in [1.165, 1.54) is 9.80 Å². The first-order chi connectivity index (χ1) is 16.1. The van der Waals surface area contributed by atoms with Crippen molar-refractivity contribution in [2.75, 3.05) is 18.0 Å². The molecule has 1 fully saturated rings. The molecule has 0 saturated carbocycles. The molecular formula is C23H23F3N4O4. The number of amides is 2. The molecule has 1 saturated heterocycles. The number of para-hydroxylation sites is 1. The molecule has 11 heteroatoms. The van der Waals surface area contributed by atoms with Gasteiger partial charge < -0.3 is 19.5 Å². The van der Waals surface area contributed by atoms with Crippen LogP contribution in [0, 0.1) is 0 Å². The summed E-state index contributed by atoms with van der Waals surface area (Å²) in [5.74, 6) is -0.0369. The molecule has 2 amide bonds. The number of carbonyl (C=O) groups excluding carboxylic acids is 2. The van der Waals surface area contributed by atoms with E-state index in [4.69, 9.17) is 0 Å². The zero-order valence-electron chi connectivity index (χ0n) is 18.3. The molecule has 8 nitrogen and oxygen atoms in total. The van der Waals surface area contributed by atoms with Crippen molar-refractivity contribution < 1.29 is 32.7 Å². The molecule has 0 bridgehead atoms. The topological polar surface area (TPSA) is 95.7 Å². The lowest BCUT2D eigenvalue weighted by atomic mass is 9.75. The molecule has 34 heavy (non-hydrogen) atoms. The fourth-order valence-electron chi connectivity index (χ4n) is 5.31. The average molecular weight is 476 g/mol. The molecule has 1 aromatic heterocycles. The molecule has 180 valence electrons. The van der Waals surface area contributed by atoms with E-state index in [1.54, 1.807) is 28.8 Å². The molecule has 1 aliphatic carbocycles. The van der Waals surface area contributed by atoms with Crippen molar-refractivity contribution in [3.8, 4) is 0 Å². The molecule has 3 aliphatic rings. The number of aryl methyl sites for hydroxylation is 1. The van der Waals surface area contributed by atoms with Gasteiger partial charge in [0.15, 0.2) is 5.78 Å². The number of aromatic nitrogens is 2. The first-order valence-electron chi connectivity index (χ1n) is 11.2. The zero-order valence-corrected chi connectivity index (χ0v) is 18.3. The lowest BCUT2D eigenvalue weighted by Gasteiger charge is -2.45.